The van der Waals surface area contributed by atoms with Crippen molar-refractivity contribution in [3.05, 3.63) is 53.0 Å². The zero-order chi connectivity index (χ0) is 23.1. The second kappa shape index (κ2) is 11.5. The fraction of sp³-hybridized carbons (Fsp3) is 0.458. The number of urea groups is 1. The minimum absolute atomic E-state index is 0.0177. The van der Waals surface area contributed by atoms with Gasteiger partial charge in [0.05, 0.1) is 6.54 Å². The Hall–Kier alpha value is -2.29. The topological polar surface area (TPSA) is 57.3 Å². The van der Waals surface area contributed by atoms with Crippen LogP contribution in [0.5, 0.6) is 0 Å². The zero-order valence-electron chi connectivity index (χ0n) is 19.3. The molecule has 32 heavy (non-hydrogen) atoms. The summed E-state index contributed by atoms with van der Waals surface area (Å²) in [5.74, 6) is 0. The molecular weight excluding hydrogens is 472 g/mol. The summed E-state index contributed by atoms with van der Waals surface area (Å²) >= 11 is 3.50. The minimum Gasteiger partial charge on any atom is -0.368 e. The molecule has 0 bridgehead atoms. The number of piperazine rings is 1. The Morgan fingerprint density at radius 2 is 1.41 bits per heavy atom. The number of nitrogens with one attached hydrogen (secondary N) is 1. The molecule has 2 aromatic rings. The van der Waals surface area contributed by atoms with Crippen LogP contribution in [-0.2, 0) is 9.47 Å². The molecule has 0 radical (unpaired) electrons. The van der Waals surface area contributed by atoms with Crippen LogP contribution in [0.4, 0.5) is 21.9 Å². The number of ether oxygens (including phenoxy) is 2. The van der Waals surface area contributed by atoms with Crippen molar-refractivity contribution in [3.8, 4) is 0 Å². The third-order valence-corrected chi connectivity index (χ3v) is 6.24. The molecule has 0 atom stereocenters. The van der Waals surface area contributed by atoms with E-state index in [-0.39, 0.29) is 12.1 Å². The summed E-state index contributed by atoms with van der Waals surface area (Å²) in [5, 5.41) is 2.99. The van der Waals surface area contributed by atoms with Gasteiger partial charge in [-0.2, -0.15) is 0 Å². The summed E-state index contributed by atoms with van der Waals surface area (Å²) in [6, 6.07) is 16.4. The van der Waals surface area contributed by atoms with Crippen LogP contribution < -0.4 is 15.1 Å². The van der Waals surface area contributed by atoms with Gasteiger partial charge in [-0.3, -0.25) is 0 Å². The number of amides is 2. The average Bonchev–Trinajstić information content (AvgIpc) is 2.81. The first-order chi connectivity index (χ1) is 15.4. The van der Waals surface area contributed by atoms with Gasteiger partial charge in [-0.25, -0.2) is 4.79 Å². The normalized spacial score (nSPS) is 14.2. The Morgan fingerprint density at radius 3 is 1.84 bits per heavy atom. The molecule has 0 aliphatic carbocycles. The molecule has 0 spiro atoms. The number of hydrogen-bond donors (Lipinski definition) is 1. The summed E-state index contributed by atoms with van der Waals surface area (Å²) in [6.07, 6.45) is -0.457. The van der Waals surface area contributed by atoms with Gasteiger partial charge >= 0.3 is 6.03 Å². The molecule has 8 heteroatoms. The molecule has 0 aromatic heterocycles. The molecule has 2 aromatic carbocycles. The maximum absolute atomic E-state index is 12.8. The number of halogens is 1. The van der Waals surface area contributed by atoms with Crippen molar-refractivity contribution in [1.82, 2.24) is 4.90 Å². The van der Waals surface area contributed by atoms with E-state index in [0.29, 0.717) is 6.54 Å². The molecular formula is C24H33BrN4O3. The van der Waals surface area contributed by atoms with E-state index < -0.39 is 6.29 Å². The molecule has 1 aliphatic heterocycles. The molecule has 1 aliphatic rings. The first-order valence-corrected chi connectivity index (χ1v) is 11.7. The third-order valence-electron chi connectivity index (χ3n) is 5.71. The van der Waals surface area contributed by atoms with E-state index in [1.165, 1.54) is 5.69 Å². The second-order valence-electron chi connectivity index (χ2n) is 8.07. The molecule has 1 N–H and O–H groups in total. The Labute approximate surface area is 199 Å². The highest BCUT2D eigenvalue weighted by molar-refractivity contribution is 9.10. The van der Waals surface area contributed by atoms with Gasteiger partial charge in [0.2, 0.25) is 0 Å². The maximum Gasteiger partial charge on any atom is 0.322 e. The van der Waals surface area contributed by atoms with E-state index in [4.69, 9.17) is 9.47 Å². The van der Waals surface area contributed by atoms with Gasteiger partial charge in [-0.05, 0) is 62.4 Å². The van der Waals surface area contributed by atoms with E-state index in [1.54, 1.807) is 19.1 Å². The van der Waals surface area contributed by atoms with Crippen molar-refractivity contribution >= 4 is 39.0 Å². The van der Waals surface area contributed by atoms with Crippen LogP contribution in [0.15, 0.2) is 53.0 Å². The predicted octanol–water partition coefficient (Wildman–Crippen LogP) is 4.64. The smallest absolute Gasteiger partial charge is 0.322 e. The SMILES string of the molecule is COC(CN(C(=O)Nc1ccc(N2CCN(c3ccc(Br)cc3)CC2)cc1)C(C)C)OC. The lowest BCUT2D eigenvalue weighted by Crippen LogP contribution is -2.46. The largest absolute Gasteiger partial charge is 0.368 e. The molecule has 1 fully saturated rings. The summed E-state index contributed by atoms with van der Waals surface area (Å²) < 4.78 is 11.6. The second-order valence-corrected chi connectivity index (χ2v) is 8.99. The van der Waals surface area contributed by atoms with Gasteiger partial charge in [0.1, 0.15) is 0 Å². The number of carbonyl (C=O) groups excluding carboxylic acids is 1. The lowest BCUT2D eigenvalue weighted by atomic mass is 10.2. The molecule has 1 heterocycles. The maximum atomic E-state index is 12.8. The van der Waals surface area contributed by atoms with Crippen molar-refractivity contribution in [2.24, 2.45) is 0 Å². The fourth-order valence-corrected chi connectivity index (χ4v) is 4.02. The van der Waals surface area contributed by atoms with Crippen molar-refractivity contribution in [2.45, 2.75) is 26.2 Å². The number of carbonyl (C=O) groups is 1. The number of hydrogen-bond acceptors (Lipinski definition) is 5. The summed E-state index contributed by atoms with van der Waals surface area (Å²) in [5.41, 5.74) is 3.19. The number of rotatable bonds is 8. The molecule has 1 saturated heterocycles. The third kappa shape index (κ3) is 6.37. The molecule has 0 saturated carbocycles. The van der Waals surface area contributed by atoms with Crippen LogP contribution in [0.1, 0.15) is 13.8 Å². The van der Waals surface area contributed by atoms with Crippen molar-refractivity contribution in [3.63, 3.8) is 0 Å². The van der Waals surface area contributed by atoms with Crippen LogP contribution >= 0.6 is 15.9 Å². The van der Waals surface area contributed by atoms with Crippen molar-refractivity contribution < 1.29 is 14.3 Å². The van der Waals surface area contributed by atoms with E-state index in [1.807, 2.05) is 26.0 Å². The Morgan fingerprint density at radius 1 is 0.938 bits per heavy atom. The van der Waals surface area contributed by atoms with Gasteiger partial charge in [-0.15, -0.1) is 0 Å². The highest BCUT2D eigenvalue weighted by Crippen LogP contribution is 2.23. The summed E-state index contributed by atoms with van der Waals surface area (Å²) in [6.45, 7) is 8.17. The minimum atomic E-state index is -0.457. The quantitative estimate of drug-likeness (QED) is 0.530. The standard InChI is InChI=1S/C24H33BrN4O3/c1-18(2)29(17-23(31-3)32-4)24(30)26-20-7-11-22(12-8-20)28-15-13-27(14-16-28)21-9-5-19(25)6-10-21/h5-12,18,23H,13-17H2,1-4H3,(H,26,30). The number of methoxy groups -OCH3 is 2. The van der Waals surface area contributed by atoms with Gasteiger partial charge < -0.3 is 29.5 Å². The van der Waals surface area contributed by atoms with Gasteiger partial charge in [0.25, 0.3) is 0 Å². The first kappa shape index (κ1) is 24.4. The first-order valence-electron chi connectivity index (χ1n) is 10.9. The lowest BCUT2D eigenvalue weighted by Gasteiger charge is -2.37. The van der Waals surface area contributed by atoms with Crippen LogP contribution in [0.3, 0.4) is 0 Å². The van der Waals surface area contributed by atoms with E-state index >= 15 is 0 Å². The number of benzene rings is 2. The molecule has 174 valence electrons. The van der Waals surface area contributed by atoms with E-state index in [2.05, 4.69) is 67.4 Å². The Kier molecular flexibility index (Phi) is 8.78. The van der Waals surface area contributed by atoms with Crippen LogP contribution in [0.2, 0.25) is 0 Å². The molecule has 0 unspecified atom stereocenters. The van der Waals surface area contributed by atoms with Gasteiger partial charge in [-0.1, -0.05) is 15.9 Å². The lowest BCUT2D eigenvalue weighted by molar-refractivity contribution is -0.113. The van der Waals surface area contributed by atoms with Gasteiger partial charge in [0, 0.05) is 68.0 Å². The molecule has 2 amide bonds. The average molecular weight is 505 g/mol. The number of nitrogens with zero attached hydrogens (tertiary/aromatic N) is 3. The van der Waals surface area contributed by atoms with E-state index in [0.717, 1.165) is 42.0 Å². The van der Waals surface area contributed by atoms with Crippen molar-refractivity contribution in [1.29, 1.82) is 0 Å². The van der Waals surface area contributed by atoms with Crippen LogP contribution in [0, 0.1) is 0 Å². The summed E-state index contributed by atoms with van der Waals surface area (Å²) in [4.78, 5) is 19.3. The highest BCUT2D eigenvalue weighted by Gasteiger charge is 2.22. The van der Waals surface area contributed by atoms with Crippen LogP contribution in [-0.4, -0.2) is 70.2 Å². The fourth-order valence-electron chi connectivity index (χ4n) is 3.76. The highest BCUT2D eigenvalue weighted by atomic mass is 79.9. The Balaban J connectivity index is 1.55. The van der Waals surface area contributed by atoms with E-state index in [9.17, 15) is 4.79 Å². The zero-order valence-corrected chi connectivity index (χ0v) is 20.8. The predicted molar refractivity (Wildman–Crippen MR) is 134 cm³/mol. The monoisotopic (exact) mass is 504 g/mol. The molecule has 7 nitrogen and oxygen atoms in total. The summed E-state index contributed by atoms with van der Waals surface area (Å²) in [7, 11) is 3.14. The Bertz CT molecular complexity index is 849. The van der Waals surface area contributed by atoms with Crippen molar-refractivity contribution in [2.75, 3.05) is 62.1 Å². The number of anilines is 3. The van der Waals surface area contributed by atoms with Crippen LogP contribution in [0.25, 0.3) is 0 Å². The van der Waals surface area contributed by atoms with Gasteiger partial charge in [0.15, 0.2) is 6.29 Å². The molecule has 3 rings (SSSR count).